The number of amides is 2. The highest BCUT2D eigenvalue weighted by Gasteiger charge is 2.12. The smallest absolute Gasteiger partial charge is 0.318 e. The second-order valence-corrected chi connectivity index (χ2v) is 5.71. The first-order chi connectivity index (χ1) is 11.5. The molecule has 2 rings (SSSR count). The highest BCUT2D eigenvalue weighted by Crippen LogP contribution is 2.19. The Hall–Kier alpha value is -2.37. The van der Waals surface area contributed by atoms with Gasteiger partial charge in [0.1, 0.15) is 0 Å². The van der Waals surface area contributed by atoms with Gasteiger partial charge < -0.3 is 5.32 Å². The Balaban J connectivity index is 1.91. The quantitative estimate of drug-likeness (QED) is 0.494. The summed E-state index contributed by atoms with van der Waals surface area (Å²) in [6.07, 6.45) is 2.23. The van der Waals surface area contributed by atoms with E-state index in [2.05, 4.69) is 15.8 Å². The number of halogens is 2. The van der Waals surface area contributed by atoms with Crippen LogP contribution >= 0.6 is 23.2 Å². The minimum absolute atomic E-state index is 0.390. The van der Waals surface area contributed by atoms with E-state index in [1.54, 1.807) is 30.3 Å². The third-order valence-electron chi connectivity index (χ3n) is 3.16. The number of carbonyl (C=O) groups excluding carboxylic acids is 2. The summed E-state index contributed by atoms with van der Waals surface area (Å²) in [5, 5.41) is 7.09. The van der Waals surface area contributed by atoms with Crippen LogP contribution in [0, 0.1) is 0 Å². The first-order valence-electron chi connectivity index (χ1n) is 7.18. The zero-order valence-corrected chi connectivity index (χ0v) is 14.4. The van der Waals surface area contributed by atoms with Crippen LogP contribution in [-0.4, -0.2) is 18.0 Å². The summed E-state index contributed by atoms with van der Waals surface area (Å²) >= 11 is 11.8. The molecule has 0 unspecified atom stereocenters. The molecule has 0 saturated carbocycles. The molecule has 0 bridgehead atoms. The van der Waals surface area contributed by atoms with Crippen LogP contribution in [0.5, 0.6) is 0 Å². The highest BCUT2D eigenvalue weighted by molar-refractivity contribution is 6.39. The van der Waals surface area contributed by atoms with E-state index in [-0.39, 0.29) is 0 Å². The molecule has 0 radical (unpaired) electrons. The number of nitrogens with zero attached hydrogens (tertiary/aromatic N) is 1. The van der Waals surface area contributed by atoms with E-state index in [9.17, 15) is 9.59 Å². The monoisotopic (exact) mass is 363 g/mol. The molecule has 0 aliphatic carbocycles. The van der Waals surface area contributed by atoms with Gasteiger partial charge in [0, 0.05) is 16.3 Å². The summed E-state index contributed by atoms with van der Waals surface area (Å²) in [6.45, 7) is 2.03. The maximum atomic E-state index is 11.8. The van der Waals surface area contributed by atoms with Crippen molar-refractivity contribution in [3.05, 3.63) is 63.6 Å². The van der Waals surface area contributed by atoms with E-state index in [0.29, 0.717) is 21.3 Å². The van der Waals surface area contributed by atoms with E-state index >= 15 is 0 Å². The number of hydrazone groups is 1. The Morgan fingerprint density at radius 3 is 2.42 bits per heavy atom. The molecule has 7 heteroatoms. The maximum Gasteiger partial charge on any atom is 0.329 e. The SMILES string of the molecule is CCc1ccc(NC(=O)C(=O)N/N=C/c2ccc(Cl)cc2Cl)cc1. The largest absolute Gasteiger partial charge is 0.329 e. The molecule has 0 saturated heterocycles. The summed E-state index contributed by atoms with van der Waals surface area (Å²) < 4.78 is 0. The third kappa shape index (κ3) is 5.08. The van der Waals surface area contributed by atoms with E-state index in [0.717, 1.165) is 12.0 Å². The van der Waals surface area contributed by atoms with Crippen LogP contribution in [0.25, 0.3) is 0 Å². The first kappa shape index (κ1) is 18.0. The van der Waals surface area contributed by atoms with Gasteiger partial charge in [-0.1, -0.05) is 48.3 Å². The molecule has 0 heterocycles. The Morgan fingerprint density at radius 2 is 1.79 bits per heavy atom. The van der Waals surface area contributed by atoms with Gasteiger partial charge in [0.15, 0.2) is 0 Å². The topological polar surface area (TPSA) is 70.6 Å². The molecule has 0 spiro atoms. The zero-order valence-electron chi connectivity index (χ0n) is 12.8. The number of benzene rings is 2. The van der Waals surface area contributed by atoms with Crippen LogP contribution in [0.3, 0.4) is 0 Å². The summed E-state index contributed by atoms with van der Waals surface area (Å²) in [6, 6.07) is 12.1. The molecule has 2 aromatic rings. The third-order valence-corrected chi connectivity index (χ3v) is 3.72. The van der Waals surface area contributed by atoms with Crippen LogP contribution in [0.15, 0.2) is 47.6 Å². The number of carbonyl (C=O) groups is 2. The van der Waals surface area contributed by atoms with Gasteiger partial charge in [-0.2, -0.15) is 5.10 Å². The molecular formula is C17H15Cl2N3O2. The van der Waals surface area contributed by atoms with Gasteiger partial charge in [-0.05, 0) is 36.2 Å². The van der Waals surface area contributed by atoms with Crippen molar-refractivity contribution in [3.8, 4) is 0 Å². The average molecular weight is 364 g/mol. The fourth-order valence-corrected chi connectivity index (χ4v) is 2.29. The summed E-state index contributed by atoms with van der Waals surface area (Å²) in [5.74, 6) is -1.69. The Labute approximate surface area is 149 Å². The second-order valence-electron chi connectivity index (χ2n) is 4.87. The predicted octanol–water partition coefficient (Wildman–Crippen LogP) is 3.64. The van der Waals surface area contributed by atoms with E-state index in [1.165, 1.54) is 6.21 Å². The minimum atomic E-state index is -0.879. The molecule has 0 fully saturated rings. The van der Waals surface area contributed by atoms with Crippen molar-refractivity contribution < 1.29 is 9.59 Å². The van der Waals surface area contributed by atoms with Crippen LogP contribution in [0.2, 0.25) is 10.0 Å². The summed E-state index contributed by atoms with van der Waals surface area (Å²) in [7, 11) is 0. The molecular weight excluding hydrogens is 349 g/mol. The summed E-state index contributed by atoms with van der Waals surface area (Å²) in [5.41, 5.74) is 4.39. The molecule has 2 aromatic carbocycles. The van der Waals surface area contributed by atoms with E-state index in [4.69, 9.17) is 23.2 Å². The molecule has 124 valence electrons. The van der Waals surface area contributed by atoms with Crippen molar-refractivity contribution in [2.75, 3.05) is 5.32 Å². The average Bonchev–Trinajstić information content (AvgIpc) is 2.57. The molecule has 0 atom stereocenters. The van der Waals surface area contributed by atoms with Crippen molar-refractivity contribution in [1.82, 2.24) is 5.43 Å². The lowest BCUT2D eigenvalue weighted by molar-refractivity contribution is -0.136. The fraction of sp³-hybridized carbons (Fsp3) is 0.118. The molecule has 2 N–H and O–H groups in total. The van der Waals surface area contributed by atoms with Crippen LogP contribution in [-0.2, 0) is 16.0 Å². The number of anilines is 1. The van der Waals surface area contributed by atoms with Gasteiger partial charge in [0.2, 0.25) is 0 Å². The van der Waals surface area contributed by atoms with Crippen LogP contribution in [0.4, 0.5) is 5.69 Å². The normalized spacial score (nSPS) is 10.6. The molecule has 0 aliphatic rings. The van der Waals surface area contributed by atoms with Gasteiger partial charge in [0.25, 0.3) is 0 Å². The Bertz CT molecular complexity index is 774. The Morgan fingerprint density at radius 1 is 1.08 bits per heavy atom. The number of hydrogen-bond acceptors (Lipinski definition) is 3. The lowest BCUT2D eigenvalue weighted by Crippen LogP contribution is -2.32. The second kappa shape index (κ2) is 8.47. The molecule has 24 heavy (non-hydrogen) atoms. The fourth-order valence-electron chi connectivity index (χ4n) is 1.83. The van der Waals surface area contributed by atoms with Crippen molar-refractivity contribution in [1.29, 1.82) is 0 Å². The predicted molar refractivity (Wildman–Crippen MR) is 96.6 cm³/mol. The molecule has 0 aliphatic heterocycles. The number of nitrogens with one attached hydrogen (secondary N) is 2. The number of aryl methyl sites for hydroxylation is 1. The zero-order chi connectivity index (χ0) is 17.5. The van der Waals surface area contributed by atoms with Crippen LogP contribution in [0.1, 0.15) is 18.1 Å². The van der Waals surface area contributed by atoms with Crippen molar-refractivity contribution in [2.24, 2.45) is 5.10 Å². The lowest BCUT2D eigenvalue weighted by atomic mass is 10.1. The first-order valence-corrected chi connectivity index (χ1v) is 7.93. The van der Waals surface area contributed by atoms with Crippen molar-refractivity contribution in [2.45, 2.75) is 13.3 Å². The van der Waals surface area contributed by atoms with Crippen LogP contribution < -0.4 is 10.7 Å². The van der Waals surface area contributed by atoms with Gasteiger partial charge in [-0.25, -0.2) is 5.43 Å². The maximum absolute atomic E-state index is 11.8. The van der Waals surface area contributed by atoms with E-state index in [1.807, 2.05) is 19.1 Å². The van der Waals surface area contributed by atoms with Crippen molar-refractivity contribution in [3.63, 3.8) is 0 Å². The highest BCUT2D eigenvalue weighted by atomic mass is 35.5. The Kier molecular flexibility index (Phi) is 6.35. The number of hydrogen-bond donors (Lipinski definition) is 2. The molecule has 0 aromatic heterocycles. The molecule has 5 nitrogen and oxygen atoms in total. The minimum Gasteiger partial charge on any atom is -0.318 e. The lowest BCUT2D eigenvalue weighted by Gasteiger charge is -2.05. The molecule has 2 amide bonds. The summed E-state index contributed by atoms with van der Waals surface area (Å²) in [4.78, 5) is 23.5. The van der Waals surface area contributed by atoms with Gasteiger partial charge in [-0.3, -0.25) is 9.59 Å². The standard InChI is InChI=1S/C17H15Cl2N3O2/c1-2-11-3-7-14(8-4-11)21-16(23)17(24)22-20-10-12-5-6-13(18)9-15(12)19/h3-10H,2H2,1H3,(H,21,23)(H,22,24)/b20-10+. The van der Waals surface area contributed by atoms with Crippen molar-refractivity contribution >= 4 is 46.9 Å². The number of rotatable bonds is 4. The van der Waals surface area contributed by atoms with Gasteiger partial charge in [0.05, 0.1) is 11.2 Å². The van der Waals surface area contributed by atoms with E-state index < -0.39 is 11.8 Å². The van der Waals surface area contributed by atoms with Gasteiger partial charge in [-0.15, -0.1) is 0 Å². The van der Waals surface area contributed by atoms with Gasteiger partial charge >= 0.3 is 11.8 Å².